The van der Waals surface area contributed by atoms with Gasteiger partial charge in [0.25, 0.3) is 0 Å². The molecule has 2 aliphatic rings. The fraction of sp³-hybridized carbons (Fsp3) is 0.412. The lowest BCUT2D eigenvalue weighted by atomic mass is 9.75. The molecule has 0 bridgehead atoms. The second kappa shape index (κ2) is 6.24. The number of phenols is 2. The summed E-state index contributed by atoms with van der Waals surface area (Å²) in [4.78, 5) is 24.8. The van der Waals surface area contributed by atoms with Crippen molar-refractivity contribution in [3.63, 3.8) is 0 Å². The molecule has 0 aromatic heterocycles. The molecule has 23 heavy (non-hydrogen) atoms. The maximum absolute atomic E-state index is 11.6. The number of carbonyl (C=O) groups is 2. The fourth-order valence-electron chi connectivity index (χ4n) is 3.59. The highest BCUT2D eigenvalue weighted by Crippen LogP contribution is 2.38. The van der Waals surface area contributed by atoms with Crippen LogP contribution in [0.5, 0.6) is 11.5 Å². The van der Waals surface area contributed by atoms with Gasteiger partial charge in [0.15, 0.2) is 17.3 Å². The van der Waals surface area contributed by atoms with Gasteiger partial charge in [-0.1, -0.05) is 17.2 Å². The first-order chi connectivity index (χ1) is 11.0. The Labute approximate surface area is 139 Å². The van der Waals surface area contributed by atoms with Gasteiger partial charge in [-0.05, 0) is 37.0 Å². The maximum Gasteiger partial charge on any atom is 0.209 e. The van der Waals surface area contributed by atoms with Gasteiger partial charge in [0.2, 0.25) is 6.41 Å². The minimum Gasteiger partial charge on any atom is -0.504 e. The molecular formula is C17H18ClNO4. The van der Waals surface area contributed by atoms with Gasteiger partial charge >= 0.3 is 0 Å². The van der Waals surface area contributed by atoms with Crippen LogP contribution in [0.2, 0.25) is 5.02 Å². The SMILES string of the molecule is O=CN1CCC2=CC(=O)CCC2C1Cc1cc(O)c(O)cc1Cl. The number of rotatable bonds is 3. The van der Waals surface area contributed by atoms with E-state index in [2.05, 4.69) is 0 Å². The molecule has 3 rings (SSSR count). The van der Waals surface area contributed by atoms with Gasteiger partial charge in [-0.3, -0.25) is 9.59 Å². The zero-order valence-corrected chi connectivity index (χ0v) is 13.3. The first-order valence-electron chi connectivity index (χ1n) is 7.64. The molecule has 1 aromatic rings. The van der Waals surface area contributed by atoms with Crippen LogP contribution in [0.25, 0.3) is 0 Å². The summed E-state index contributed by atoms with van der Waals surface area (Å²) >= 11 is 6.16. The Morgan fingerprint density at radius 2 is 2.00 bits per heavy atom. The number of nitrogens with zero attached hydrogens (tertiary/aromatic N) is 1. The van der Waals surface area contributed by atoms with E-state index in [1.165, 1.54) is 12.1 Å². The monoisotopic (exact) mass is 335 g/mol. The number of likely N-dealkylation sites (tertiary alicyclic amines) is 1. The molecular weight excluding hydrogens is 318 g/mol. The Morgan fingerprint density at radius 3 is 2.74 bits per heavy atom. The summed E-state index contributed by atoms with van der Waals surface area (Å²) in [5, 5.41) is 19.5. The predicted octanol–water partition coefficient (Wildman–Crippen LogP) is 2.43. The topological polar surface area (TPSA) is 77.8 Å². The number of ketones is 1. The van der Waals surface area contributed by atoms with E-state index in [0.29, 0.717) is 30.0 Å². The van der Waals surface area contributed by atoms with Gasteiger partial charge in [-0.2, -0.15) is 0 Å². The van der Waals surface area contributed by atoms with Crippen LogP contribution in [-0.2, 0) is 16.0 Å². The van der Waals surface area contributed by atoms with Crippen LogP contribution in [-0.4, -0.2) is 39.9 Å². The Bertz CT molecular complexity index is 685. The lowest BCUT2D eigenvalue weighted by Gasteiger charge is -2.42. The molecule has 2 atom stereocenters. The molecule has 1 aromatic carbocycles. The number of piperidine rings is 1. The van der Waals surface area contributed by atoms with E-state index in [1.54, 1.807) is 11.0 Å². The molecule has 2 N–H and O–H groups in total. The van der Waals surface area contributed by atoms with Gasteiger partial charge in [0.1, 0.15) is 0 Å². The van der Waals surface area contributed by atoms with Gasteiger partial charge in [0, 0.05) is 36.0 Å². The van der Waals surface area contributed by atoms with Crippen molar-refractivity contribution in [1.82, 2.24) is 4.90 Å². The quantitative estimate of drug-likeness (QED) is 0.657. The van der Waals surface area contributed by atoms with Crippen LogP contribution in [0.3, 0.4) is 0 Å². The van der Waals surface area contributed by atoms with Crippen molar-refractivity contribution in [2.75, 3.05) is 6.54 Å². The molecule has 0 spiro atoms. The summed E-state index contributed by atoms with van der Waals surface area (Å²) in [6, 6.07) is 2.65. The second-order valence-corrected chi connectivity index (χ2v) is 6.53. The van der Waals surface area contributed by atoms with Crippen LogP contribution in [0.15, 0.2) is 23.8 Å². The number of hydrogen-bond donors (Lipinski definition) is 2. The number of aromatic hydroxyl groups is 2. The summed E-state index contributed by atoms with van der Waals surface area (Å²) in [7, 11) is 0. The number of allylic oxidation sites excluding steroid dienone is 1. The van der Waals surface area contributed by atoms with Crippen LogP contribution in [0, 0.1) is 5.92 Å². The summed E-state index contributed by atoms with van der Waals surface area (Å²) in [6.07, 6.45) is 4.97. The van der Waals surface area contributed by atoms with E-state index in [-0.39, 0.29) is 29.2 Å². The van der Waals surface area contributed by atoms with Crippen LogP contribution < -0.4 is 0 Å². The maximum atomic E-state index is 11.6. The fourth-order valence-corrected chi connectivity index (χ4v) is 3.82. The summed E-state index contributed by atoms with van der Waals surface area (Å²) in [5.74, 6) is -0.209. The molecule has 1 saturated heterocycles. The van der Waals surface area contributed by atoms with Gasteiger partial charge in [-0.15, -0.1) is 0 Å². The lowest BCUT2D eigenvalue weighted by molar-refractivity contribution is -0.122. The molecule has 1 amide bonds. The number of fused-ring (bicyclic) bond motifs is 1. The van der Waals surface area contributed by atoms with Crippen molar-refractivity contribution >= 4 is 23.8 Å². The van der Waals surface area contributed by atoms with E-state index in [0.717, 1.165) is 24.8 Å². The average molecular weight is 336 g/mol. The van der Waals surface area contributed by atoms with Crippen LogP contribution in [0.4, 0.5) is 0 Å². The molecule has 122 valence electrons. The number of hydrogen-bond acceptors (Lipinski definition) is 4. The largest absolute Gasteiger partial charge is 0.504 e. The Hall–Kier alpha value is -2.01. The highest BCUT2D eigenvalue weighted by atomic mass is 35.5. The Morgan fingerprint density at radius 1 is 1.26 bits per heavy atom. The summed E-state index contributed by atoms with van der Waals surface area (Å²) in [5.41, 5.74) is 1.78. The zero-order chi connectivity index (χ0) is 16.6. The first kappa shape index (κ1) is 15.9. The summed E-state index contributed by atoms with van der Waals surface area (Å²) < 4.78 is 0. The summed E-state index contributed by atoms with van der Waals surface area (Å²) in [6.45, 7) is 0.575. The van der Waals surface area contributed by atoms with E-state index in [4.69, 9.17) is 11.6 Å². The van der Waals surface area contributed by atoms with E-state index in [1.807, 2.05) is 0 Å². The van der Waals surface area contributed by atoms with Crippen molar-refractivity contribution in [1.29, 1.82) is 0 Å². The molecule has 1 aliphatic carbocycles. The smallest absolute Gasteiger partial charge is 0.209 e. The lowest BCUT2D eigenvalue weighted by Crippen LogP contribution is -2.47. The molecule has 0 radical (unpaired) electrons. The second-order valence-electron chi connectivity index (χ2n) is 6.13. The highest BCUT2D eigenvalue weighted by Gasteiger charge is 2.36. The zero-order valence-electron chi connectivity index (χ0n) is 12.5. The van der Waals surface area contributed by atoms with Gasteiger partial charge in [0.05, 0.1) is 0 Å². The standard InChI is InChI=1S/C17H18ClNO4/c18-14-8-17(23)16(22)7-11(14)6-15-13-2-1-12(21)5-10(13)3-4-19(15)9-20/h5,7-9,13,15,22-23H,1-4,6H2. The highest BCUT2D eigenvalue weighted by molar-refractivity contribution is 6.31. The number of carbonyl (C=O) groups excluding carboxylic acids is 2. The minimum absolute atomic E-state index is 0.0953. The molecule has 0 saturated carbocycles. The number of amides is 1. The normalized spacial score (nSPS) is 24.1. The third-order valence-corrected chi connectivity index (χ3v) is 5.13. The van der Waals surface area contributed by atoms with E-state index >= 15 is 0 Å². The van der Waals surface area contributed by atoms with E-state index in [9.17, 15) is 19.8 Å². The van der Waals surface area contributed by atoms with Crippen LogP contribution >= 0.6 is 11.6 Å². The predicted molar refractivity (Wildman–Crippen MR) is 85.5 cm³/mol. The van der Waals surface area contributed by atoms with E-state index < -0.39 is 0 Å². The van der Waals surface area contributed by atoms with Crippen molar-refractivity contribution in [3.05, 3.63) is 34.4 Å². The van der Waals surface area contributed by atoms with Crippen molar-refractivity contribution < 1.29 is 19.8 Å². The van der Waals surface area contributed by atoms with Crippen molar-refractivity contribution in [2.45, 2.75) is 31.7 Å². The van der Waals surface area contributed by atoms with Crippen molar-refractivity contribution in [2.24, 2.45) is 5.92 Å². The van der Waals surface area contributed by atoms with Gasteiger partial charge < -0.3 is 15.1 Å². The first-order valence-corrected chi connectivity index (χ1v) is 8.02. The average Bonchev–Trinajstić information content (AvgIpc) is 2.52. The molecule has 1 heterocycles. The molecule has 5 nitrogen and oxygen atoms in total. The van der Waals surface area contributed by atoms with Crippen molar-refractivity contribution in [3.8, 4) is 11.5 Å². The third kappa shape index (κ3) is 3.06. The molecule has 1 fully saturated rings. The number of phenolic OH excluding ortho intramolecular Hbond substituents is 2. The molecule has 1 aliphatic heterocycles. The Balaban J connectivity index is 1.92. The number of benzene rings is 1. The minimum atomic E-state index is -0.265. The number of halogens is 1. The van der Waals surface area contributed by atoms with Gasteiger partial charge in [-0.25, -0.2) is 0 Å². The molecule has 2 unspecified atom stereocenters. The third-order valence-electron chi connectivity index (χ3n) is 4.78. The Kier molecular flexibility index (Phi) is 4.31. The van der Waals surface area contributed by atoms with Crippen LogP contribution in [0.1, 0.15) is 24.8 Å². The molecule has 6 heteroatoms.